The summed E-state index contributed by atoms with van der Waals surface area (Å²) in [7, 11) is 0. The molecule has 8 heteroatoms. The maximum Gasteiger partial charge on any atom is 0.292 e. The molecular formula is C21H23N3O5. The highest BCUT2D eigenvalue weighted by Gasteiger charge is 2.29. The Hall–Kier alpha value is -2.97. The van der Waals surface area contributed by atoms with E-state index in [9.17, 15) is 14.9 Å². The van der Waals surface area contributed by atoms with Gasteiger partial charge < -0.3 is 19.7 Å². The molecule has 29 heavy (non-hydrogen) atoms. The monoisotopic (exact) mass is 397 g/mol. The standard InChI is InChI=1S/C21H23N3O5/c25-13-15-3-8-21(24(26)27)20(10-15)22-16-4-6-17(7-5-16)23-11-19(12-23)29-14-18-2-1-9-28-18/h3-8,10,13,18-19,22H,1-2,9,11-12,14H2. The molecule has 2 saturated heterocycles. The Labute approximate surface area is 168 Å². The number of carbonyl (C=O) groups excluding carboxylic acids is 1. The summed E-state index contributed by atoms with van der Waals surface area (Å²) in [6.07, 6.45) is 3.34. The molecule has 0 aromatic heterocycles. The first-order chi connectivity index (χ1) is 14.1. The molecule has 152 valence electrons. The first kappa shape index (κ1) is 19.4. The van der Waals surface area contributed by atoms with Gasteiger partial charge in [-0.05, 0) is 49.2 Å². The van der Waals surface area contributed by atoms with Crippen LogP contribution in [0.2, 0.25) is 0 Å². The van der Waals surface area contributed by atoms with Crippen LogP contribution < -0.4 is 10.2 Å². The van der Waals surface area contributed by atoms with Crippen LogP contribution in [0.1, 0.15) is 23.2 Å². The predicted molar refractivity (Wildman–Crippen MR) is 109 cm³/mol. The molecule has 2 aromatic carbocycles. The summed E-state index contributed by atoms with van der Waals surface area (Å²) in [5, 5.41) is 14.3. The summed E-state index contributed by atoms with van der Waals surface area (Å²) >= 11 is 0. The largest absolute Gasteiger partial charge is 0.376 e. The van der Waals surface area contributed by atoms with Crippen LogP contribution in [0.25, 0.3) is 0 Å². The van der Waals surface area contributed by atoms with Gasteiger partial charge in [-0.3, -0.25) is 14.9 Å². The number of anilines is 3. The number of nitro groups is 1. The zero-order valence-corrected chi connectivity index (χ0v) is 16.0. The maximum absolute atomic E-state index is 11.2. The van der Waals surface area contributed by atoms with E-state index in [0.29, 0.717) is 29.8 Å². The second-order valence-electron chi connectivity index (χ2n) is 7.32. The number of nitrogens with zero attached hydrogens (tertiary/aromatic N) is 2. The Kier molecular flexibility index (Phi) is 5.73. The number of benzene rings is 2. The van der Waals surface area contributed by atoms with Crippen molar-refractivity contribution in [2.75, 3.05) is 36.5 Å². The van der Waals surface area contributed by atoms with Crippen molar-refractivity contribution < 1.29 is 19.2 Å². The van der Waals surface area contributed by atoms with Crippen molar-refractivity contribution in [2.45, 2.75) is 25.0 Å². The highest BCUT2D eigenvalue weighted by Crippen LogP contribution is 2.30. The van der Waals surface area contributed by atoms with Gasteiger partial charge in [0, 0.05) is 42.7 Å². The van der Waals surface area contributed by atoms with Gasteiger partial charge in [-0.15, -0.1) is 0 Å². The van der Waals surface area contributed by atoms with Crippen molar-refractivity contribution in [1.29, 1.82) is 0 Å². The second kappa shape index (κ2) is 8.59. The lowest BCUT2D eigenvalue weighted by atomic mass is 10.1. The van der Waals surface area contributed by atoms with Gasteiger partial charge in [0.15, 0.2) is 0 Å². The van der Waals surface area contributed by atoms with Crippen LogP contribution >= 0.6 is 0 Å². The Morgan fingerprint density at radius 3 is 2.69 bits per heavy atom. The molecular weight excluding hydrogens is 374 g/mol. The summed E-state index contributed by atoms with van der Waals surface area (Å²) < 4.78 is 11.5. The van der Waals surface area contributed by atoms with Crippen LogP contribution in [-0.2, 0) is 9.47 Å². The Bertz CT molecular complexity index is 874. The molecule has 1 N–H and O–H groups in total. The SMILES string of the molecule is O=Cc1ccc([N+](=O)[O-])c(Nc2ccc(N3CC(OCC4CCCO4)C3)cc2)c1. The van der Waals surface area contributed by atoms with Crippen molar-refractivity contribution in [2.24, 2.45) is 0 Å². The van der Waals surface area contributed by atoms with Crippen molar-refractivity contribution in [3.8, 4) is 0 Å². The average molecular weight is 397 g/mol. The van der Waals surface area contributed by atoms with Crippen molar-refractivity contribution in [3.05, 3.63) is 58.1 Å². The fourth-order valence-corrected chi connectivity index (χ4v) is 3.57. The number of nitrogens with one attached hydrogen (secondary N) is 1. The quantitative estimate of drug-likeness (QED) is 0.414. The van der Waals surface area contributed by atoms with Crippen LogP contribution in [0.15, 0.2) is 42.5 Å². The van der Waals surface area contributed by atoms with Gasteiger partial charge in [0.1, 0.15) is 12.0 Å². The smallest absolute Gasteiger partial charge is 0.292 e. The van der Waals surface area contributed by atoms with Crippen molar-refractivity contribution >= 4 is 29.0 Å². The van der Waals surface area contributed by atoms with E-state index >= 15 is 0 Å². The van der Waals surface area contributed by atoms with E-state index in [0.717, 1.165) is 38.2 Å². The van der Waals surface area contributed by atoms with E-state index < -0.39 is 4.92 Å². The van der Waals surface area contributed by atoms with Crippen LogP contribution in [0.4, 0.5) is 22.7 Å². The summed E-state index contributed by atoms with van der Waals surface area (Å²) in [5.74, 6) is 0. The van der Waals surface area contributed by atoms with E-state index in [-0.39, 0.29) is 17.9 Å². The number of rotatable bonds is 8. The summed E-state index contributed by atoms with van der Waals surface area (Å²) in [4.78, 5) is 24.0. The molecule has 2 aromatic rings. The summed E-state index contributed by atoms with van der Waals surface area (Å²) in [5.41, 5.74) is 2.38. The Morgan fingerprint density at radius 2 is 2.03 bits per heavy atom. The Balaban J connectivity index is 1.33. The number of carbonyl (C=O) groups is 1. The maximum atomic E-state index is 11.2. The van der Waals surface area contributed by atoms with Gasteiger partial charge in [-0.25, -0.2) is 0 Å². The van der Waals surface area contributed by atoms with Crippen LogP contribution in [0.3, 0.4) is 0 Å². The third-order valence-electron chi connectivity index (χ3n) is 5.25. The fraction of sp³-hybridized carbons (Fsp3) is 0.381. The van der Waals surface area contributed by atoms with Gasteiger partial charge >= 0.3 is 0 Å². The summed E-state index contributed by atoms with van der Waals surface area (Å²) in [6.45, 7) is 3.19. The molecule has 0 aliphatic carbocycles. The molecule has 2 aliphatic heterocycles. The molecule has 0 amide bonds. The zero-order valence-electron chi connectivity index (χ0n) is 16.0. The lowest BCUT2D eigenvalue weighted by Crippen LogP contribution is -2.53. The minimum atomic E-state index is -0.470. The predicted octanol–water partition coefficient (Wildman–Crippen LogP) is 3.54. The van der Waals surface area contributed by atoms with Crippen LogP contribution in [0.5, 0.6) is 0 Å². The van der Waals surface area contributed by atoms with Crippen LogP contribution in [0, 0.1) is 10.1 Å². The van der Waals surface area contributed by atoms with E-state index in [4.69, 9.17) is 9.47 Å². The zero-order chi connectivity index (χ0) is 20.2. The lowest BCUT2D eigenvalue weighted by Gasteiger charge is -2.41. The molecule has 1 atom stereocenters. The molecule has 2 fully saturated rings. The second-order valence-corrected chi connectivity index (χ2v) is 7.32. The average Bonchev–Trinajstić information content (AvgIpc) is 3.21. The number of ether oxygens (including phenoxy) is 2. The van der Waals surface area contributed by atoms with Crippen molar-refractivity contribution in [1.82, 2.24) is 0 Å². The minimum absolute atomic E-state index is 0.0753. The van der Waals surface area contributed by atoms with E-state index in [1.807, 2.05) is 24.3 Å². The molecule has 4 rings (SSSR count). The van der Waals surface area contributed by atoms with Crippen molar-refractivity contribution in [3.63, 3.8) is 0 Å². The third-order valence-corrected chi connectivity index (χ3v) is 5.25. The third kappa shape index (κ3) is 4.55. The van der Waals surface area contributed by atoms with Crippen LogP contribution in [-0.4, -0.2) is 49.7 Å². The van der Waals surface area contributed by atoms with E-state index in [1.54, 1.807) is 0 Å². The minimum Gasteiger partial charge on any atom is -0.376 e. The highest BCUT2D eigenvalue weighted by molar-refractivity contribution is 5.81. The molecule has 0 saturated carbocycles. The summed E-state index contributed by atoms with van der Waals surface area (Å²) in [6, 6.07) is 11.9. The number of hydrogen-bond acceptors (Lipinski definition) is 7. The first-order valence-corrected chi connectivity index (χ1v) is 9.71. The molecule has 8 nitrogen and oxygen atoms in total. The van der Waals surface area contributed by atoms with Gasteiger partial charge in [-0.1, -0.05) is 0 Å². The lowest BCUT2D eigenvalue weighted by molar-refractivity contribution is -0.383. The van der Waals surface area contributed by atoms with Gasteiger partial charge in [0.2, 0.25) is 0 Å². The normalized spacial score (nSPS) is 19.0. The molecule has 0 bridgehead atoms. The van der Waals surface area contributed by atoms with E-state index in [2.05, 4.69) is 10.2 Å². The Morgan fingerprint density at radius 1 is 1.24 bits per heavy atom. The van der Waals surface area contributed by atoms with Gasteiger partial charge in [0.25, 0.3) is 5.69 Å². The first-order valence-electron chi connectivity index (χ1n) is 9.71. The molecule has 2 heterocycles. The van der Waals surface area contributed by atoms with Gasteiger partial charge in [-0.2, -0.15) is 0 Å². The number of hydrogen-bond donors (Lipinski definition) is 1. The number of aldehydes is 1. The molecule has 1 unspecified atom stereocenters. The topological polar surface area (TPSA) is 93.9 Å². The fourth-order valence-electron chi connectivity index (χ4n) is 3.57. The highest BCUT2D eigenvalue weighted by atomic mass is 16.6. The molecule has 0 radical (unpaired) electrons. The van der Waals surface area contributed by atoms with E-state index in [1.165, 1.54) is 18.2 Å². The molecule has 0 spiro atoms. The number of nitro benzene ring substituents is 1. The molecule has 2 aliphatic rings. The van der Waals surface area contributed by atoms with Gasteiger partial charge in [0.05, 0.1) is 23.7 Å².